The highest BCUT2D eigenvalue weighted by Gasteiger charge is 2.28. The lowest BCUT2D eigenvalue weighted by Crippen LogP contribution is -2.55. The van der Waals surface area contributed by atoms with Crippen LogP contribution in [0.4, 0.5) is 0 Å². The molecule has 0 spiro atoms. The van der Waals surface area contributed by atoms with E-state index >= 15 is 0 Å². The summed E-state index contributed by atoms with van der Waals surface area (Å²) < 4.78 is 11.3. The van der Waals surface area contributed by atoms with Crippen molar-refractivity contribution in [3.05, 3.63) is 35.6 Å². The number of rotatable bonds is 3. The molecule has 1 amide bonds. The molecule has 1 aliphatic rings. The van der Waals surface area contributed by atoms with Gasteiger partial charge < -0.3 is 19.8 Å². The van der Waals surface area contributed by atoms with Gasteiger partial charge in [0, 0.05) is 17.5 Å². The summed E-state index contributed by atoms with van der Waals surface area (Å²) in [6.07, 6.45) is -0.115. The Labute approximate surface area is 123 Å². The van der Waals surface area contributed by atoms with Crippen molar-refractivity contribution in [2.75, 3.05) is 13.2 Å². The number of furan rings is 1. The maximum absolute atomic E-state index is 12.2. The van der Waals surface area contributed by atoms with Crippen LogP contribution in [0.5, 0.6) is 0 Å². The first-order chi connectivity index (χ1) is 10.2. The Morgan fingerprint density at radius 3 is 3.00 bits per heavy atom. The van der Waals surface area contributed by atoms with Gasteiger partial charge in [-0.05, 0) is 19.9 Å². The molecule has 5 heteroatoms. The number of benzene rings is 1. The lowest BCUT2D eigenvalue weighted by molar-refractivity contribution is -0.129. The van der Waals surface area contributed by atoms with Crippen LogP contribution in [0.2, 0.25) is 0 Å². The van der Waals surface area contributed by atoms with Gasteiger partial charge in [-0.3, -0.25) is 4.79 Å². The highest BCUT2D eigenvalue weighted by atomic mass is 16.5. The summed E-state index contributed by atoms with van der Waals surface area (Å²) in [6, 6.07) is 7.59. The predicted molar refractivity (Wildman–Crippen MR) is 80.0 cm³/mol. The van der Waals surface area contributed by atoms with Crippen molar-refractivity contribution in [2.24, 2.45) is 0 Å². The van der Waals surface area contributed by atoms with Crippen molar-refractivity contribution in [1.29, 1.82) is 0 Å². The van der Waals surface area contributed by atoms with Crippen molar-refractivity contribution >= 4 is 16.9 Å². The molecular weight excluding hydrogens is 268 g/mol. The minimum absolute atomic E-state index is 0.0537. The van der Waals surface area contributed by atoms with Gasteiger partial charge >= 0.3 is 0 Å². The molecule has 1 aliphatic heterocycles. The Bertz CT molecular complexity index is 650. The van der Waals surface area contributed by atoms with E-state index in [1.807, 2.05) is 38.1 Å². The van der Waals surface area contributed by atoms with E-state index in [0.29, 0.717) is 19.7 Å². The molecule has 2 heterocycles. The second kappa shape index (κ2) is 5.87. The van der Waals surface area contributed by atoms with E-state index in [4.69, 9.17) is 9.15 Å². The molecule has 1 saturated heterocycles. The fourth-order valence-corrected chi connectivity index (χ4v) is 2.70. The number of morpholine rings is 1. The molecule has 112 valence electrons. The molecule has 0 aliphatic carbocycles. The SMILES string of the molecule is Cc1c(CNC(=O)[C@H]2NCCO[C@@H]2C)oc2ccccc12. The zero-order valence-electron chi connectivity index (χ0n) is 12.3. The van der Waals surface area contributed by atoms with Crippen LogP contribution >= 0.6 is 0 Å². The Morgan fingerprint density at radius 1 is 1.43 bits per heavy atom. The Morgan fingerprint density at radius 2 is 2.24 bits per heavy atom. The lowest BCUT2D eigenvalue weighted by atomic mass is 10.1. The average Bonchev–Trinajstić information content (AvgIpc) is 2.82. The molecule has 0 radical (unpaired) electrons. The molecule has 5 nitrogen and oxygen atoms in total. The summed E-state index contributed by atoms with van der Waals surface area (Å²) in [4.78, 5) is 12.2. The van der Waals surface area contributed by atoms with Gasteiger partial charge in [-0.25, -0.2) is 0 Å². The highest BCUT2D eigenvalue weighted by Crippen LogP contribution is 2.24. The van der Waals surface area contributed by atoms with Crippen LogP contribution in [0, 0.1) is 6.92 Å². The summed E-state index contributed by atoms with van der Waals surface area (Å²) in [5.41, 5.74) is 1.93. The summed E-state index contributed by atoms with van der Waals surface area (Å²) >= 11 is 0. The second-order valence-electron chi connectivity index (χ2n) is 5.37. The van der Waals surface area contributed by atoms with Gasteiger partial charge in [0.05, 0.1) is 19.3 Å². The minimum atomic E-state index is -0.302. The molecule has 3 rings (SSSR count). The fourth-order valence-electron chi connectivity index (χ4n) is 2.70. The average molecular weight is 288 g/mol. The van der Waals surface area contributed by atoms with Gasteiger partial charge in [-0.2, -0.15) is 0 Å². The molecule has 1 aromatic heterocycles. The molecule has 21 heavy (non-hydrogen) atoms. The quantitative estimate of drug-likeness (QED) is 0.903. The number of ether oxygens (including phenoxy) is 1. The highest BCUT2D eigenvalue weighted by molar-refractivity contribution is 5.84. The van der Waals surface area contributed by atoms with E-state index < -0.39 is 0 Å². The summed E-state index contributed by atoms with van der Waals surface area (Å²) in [5.74, 6) is 0.746. The number of para-hydroxylation sites is 1. The van der Waals surface area contributed by atoms with Crippen LogP contribution in [0.3, 0.4) is 0 Å². The number of aryl methyl sites for hydroxylation is 1. The van der Waals surface area contributed by atoms with Crippen LogP contribution in [-0.2, 0) is 16.1 Å². The van der Waals surface area contributed by atoms with E-state index in [-0.39, 0.29) is 18.1 Å². The van der Waals surface area contributed by atoms with E-state index in [9.17, 15) is 4.79 Å². The van der Waals surface area contributed by atoms with Gasteiger partial charge in [0.15, 0.2) is 0 Å². The van der Waals surface area contributed by atoms with Crippen LogP contribution in [0.15, 0.2) is 28.7 Å². The van der Waals surface area contributed by atoms with E-state index in [2.05, 4.69) is 10.6 Å². The Hall–Kier alpha value is -1.85. The number of nitrogens with one attached hydrogen (secondary N) is 2. The Balaban J connectivity index is 1.68. The van der Waals surface area contributed by atoms with Crippen molar-refractivity contribution in [3.63, 3.8) is 0 Å². The summed E-state index contributed by atoms with van der Waals surface area (Å²) in [7, 11) is 0. The number of fused-ring (bicyclic) bond motifs is 1. The molecule has 1 fully saturated rings. The first-order valence-electron chi connectivity index (χ1n) is 7.26. The first kappa shape index (κ1) is 14.1. The molecule has 2 aromatic rings. The Kier molecular flexibility index (Phi) is 3.94. The van der Waals surface area contributed by atoms with Crippen LogP contribution in [0.1, 0.15) is 18.2 Å². The second-order valence-corrected chi connectivity index (χ2v) is 5.37. The van der Waals surface area contributed by atoms with Gasteiger partial charge in [-0.1, -0.05) is 18.2 Å². The van der Waals surface area contributed by atoms with E-state index in [1.54, 1.807) is 0 Å². The van der Waals surface area contributed by atoms with E-state index in [0.717, 1.165) is 22.3 Å². The monoisotopic (exact) mass is 288 g/mol. The van der Waals surface area contributed by atoms with Crippen LogP contribution < -0.4 is 10.6 Å². The standard InChI is InChI=1S/C16H20N2O3/c1-10-12-5-3-4-6-13(12)21-14(10)9-18-16(19)15-11(2)20-8-7-17-15/h3-6,11,15,17H,7-9H2,1-2H3,(H,18,19)/t11-,15+/m1/s1. The largest absolute Gasteiger partial charge is 0.459 e. The summed E-state index contributed by atoms with van der Waals surface area (Å²) in [5, 5.41) is 7.20. The normalized spacial score (nSPS) is 22.4. The number of hydrogen-bond acceptors (Lipinski definition) is 4. The maximum Gasteiger partial charge on any atom is 0.240 e. The molecule has 0 bridgehead atoms. The third kappa shape index (κ3) is 2.80. The minimum Gasteiger partial charge on any atom is -0.459 e. The topological polar surface area (TPSA) is 63.5 Å². The van der Waals surface area contributed by atoms with Crippen molar-refractivity contribution < 1.29 is 13.9 Å². The smallest absolute Gasteiger partial charge is 0.240 e. The van der Waals surface area contributed by atoms with Crippen LogP contribution in [-0.4, -0.2) is 31.2 Å². The summed E-state index contributed by atoms with van der Waals surface area (Å²) in [6.45, 7) is 5.66. The third-order valence-electron chi connectivity index (χ3n) is 3.96. The van der Waals surface area contributed by atoms with Crippen LogP contribution in [0.25, 0.3) is 11.0 Å². The predicted octanol–water partition coefficient (Wildman–Crippen LogP) is 1.73. The third-order valence-corrected chi connectivity index (χ3v) is 3.96. The van der Waals surface area contributed by atoms with Crippen molar-refractivity contribution in [1.82, 2.24) is 10.6 Å². The maximum atomic E-state index is 12.2. The van der Waals surface area contributed by atoms with Gasteiger partial charge in [0.25, 0.3) is 0 Å². The number of carbonyl (C=O) groups is 1. The van der Waals surface area contributed by atoms with Crippen molar-refractivity contribution in [2.45, 2.75) is 32.5 Å². The zero-order chi connectivity index (χ0) is 14.8. The molecule has 2 atom stereocenters. The number of carbonyl (C=O) groups excluding carboxylic acids is 1. The lowest BCUT2D eigenvalue weighted by Gasteiger charge is -2.29. The number of hydrogen-bond donors (Lipinski definition) is 2. The zero-order valence-corrected chi connectivity index (χ0v) is 12.3. The number of amides is 1. The van der Waals surface area contributed by atoms with Crippen molar-refractivity contribution in [3.8, 4) is 0 Å². The van der Waals surface area contributed by atoms with Gasteiger partial charge in [0.2, 0.25) is 5.91 Å². The molecule has 0 unspecified atom stereocenters. The molecule has 2 N–H and O–H groups in total. The van der Waals surface area contributed by atoms with E-state index in [1.165, 1.54) is 0 Å². The molecule has 0 saturated carbocycles. The first-order valence-corrected chi connectivity index (χ1v) is 7.26. The van der Waals surface area contributed by atoms with Gasteiger partial charge in [-0.15, -0.1) is 0 Å². The van der Waals surface area contributed by atoms with Gasteiger partial charge in [0.1, 0.15) is 17.4 Å². The molecule has 1 aromatic carbocycles. The fraction of sp³-hybridized carbons (Fsp3) is 0.438. The molecular formula is C16H20N2O3.